The third-order valence-electron chi connectivity index (χ3n) is 4.98. The van der Waals surface area contributed by atoms with Crippen molar-refractivity contribution in [2.75, 3.05) is 39.0 Å². The second kappa shape index (κ2) is 9.55. The Morgan fingerprint density at radius 2 is 1.74 bits per heavy atom. The normalized spacial score (nSPS) is 20.2. The van der Waals surface area contributed by atoms with Gasteiger partial charge >= 0.3 is 0 Å². The van der Waals surface area contributed by atoms with Gasteiger partial charge in [0.15, 0.2) is 9.84 Å². The van der Waals surface area contributed by atoms with Crippen LogP contribution in [-0.4, -0.2) is 52.4 Å². The molecular weight excluding hydrogens is 384 g/mol. The lowest BCUT2D eigenvalue weighted by Gasteiger charge is -2.17. The van der Waals surface area contributed by atoms with Gasteiger partial charge in [-0.2, -0.15) is 0 Å². The molecule has 2 N–H and O–H groups in total. The van der Waals surface area contributed by atoms with Crippen molar-refractivity contribution in [3.05, 3.63) is 60.2 Å². The topological polar surface area (TPSA) is 72.6 Å². The minimum Gasteiger partial charge on any atom is -0.492 e. The first kappa shape index (κ1) is 21.7. The maximum absolute atomic E-state index is 11.5. The molecule has 2 atom stereocenters. The molecule has 2 aromatic carbocycles. The van der Waals surface area contributed by atoms with Gasteiger partial charge in [0.05, 0.1) is 4.90 Å². The zero-order chi connectivity index (χ0) is 18.6. The van der Waals surface area contributed by atoms with Gasteiger partial charge < -0.3 is 10.5 Å². The lowest BCUT2D eigenvalue weighted by molar-refractivity contribution is 0.232. The molecule has 3 rings (SSSR count). The number of benzene rings is 2. The van der Waals surface area contributed by atoms with Crippen molar-refractivity contribution in [2.24, 2.45) is 11.7 Å². The molecule has 1 heterocycles. The number of hydrogen-bond donors (Lipinski definition) is 1. The summed E-state index contributed by atoms with van der Waals surface area (Å²) in [6, 6.07) is 17.1. The van der Waals surface area contributed by atoms with E-state index in [1.165, 1.54) is 11.8 Å². The molecule has 2 aromatic rings. The lowest BCUT2D eigenvalue weighted by Crippen LogP contribution is -2.27. The summed E-state index contributed by atoms with van der Waals surface area (Å²) in [7, 11) is -3.17. The van der Waals surface area contributed by atoms with Crippen LogP contribution in [0.5, 0.6) is 5.75 Å². The Morgan fingerprint density at radius 1 is 1.07 bits per heavy atom. The number of hydrogen-bond acceptors (Lipinski definition) is 5. The van der Waals surface area contributed by atoms with Gasteiger partial charge in [0, 0.05) is 31.8 Å². The van der Waals surface area contributed by atoms with Crippen LogP contribution in [0.4, 0.5) is 0 Å². The fraction of sp³-hybridized carbons (Fsp3) is 0.400. The summed E-state index contributed by atoms with van der Waals surface area (Å²) in [5.41, 5.74) is 7.34. The number of halogens is 1. The van der Waals surface area contributed by atoms with E-state index in [0.29, 0.717) is 35.6 Å². The maximum atomic E-state index is 11.5. The first-order chi connectivity index (χ1) is 12.5. The maximum Gasteiger partial charge on any atom is 0.175 e. The number of nitrogens with zero attached hydrogens (tertiary/aromatic N) is 1. The van der Waals surface area contributed by atoms with E-state index < -0.39 is 9.84 Å². The average Bonchev–Trinajstić information content (AvgIpc) is 3.05. The zero-order valence-electron chi connectivity index (χ0n) is 15.5. The Hall–Kier alpha value is -1.60. The molecule has 5 nitrogen and oxygen atoms in total. The SMILES string of the molecule is CS(=O)(=O)c1ccc(OCCN2C[C@@H](CN)[C@H](c3ccccc3)C2)cc1.Cl. The quantitative estimate of drug-likeness (QED) is 0.759. The van der Waals surface area contributed by atoms with Gasteiger partial charge in [-0.3, -0.25) is 4.90 Å². The molecule has 0 unspecified atom stereocenters. The van der Waals surface area contributed by atoms with E-state index >= 15 is 0 Å². The van der Waals surface area contributed by atoms with Crippen LogP contribution in [0.1, 0.15) is 11.5 Å². The Labute approximate surface area is 167 Å². The molecular formula is C20H27ClN2O3S. The minimum atomic E-state index is -3.17. The molecule has 0 saturated carbocycles. The summed E-state index contributed by atoms with van der Waals surface area (Å²) >= 11 is 0. The Morgan fingerprint density at radius 3 is 2.33 bits per heavy atom. The molecule has 1 aliphatic rings. The number of likely N-dealkylation sites (tertiary alicyclic amines) is 1. The van der Waals surface area contributed by atoms with E-state index in [4.69, 9.17) is 10.5 Å². The first-order valence-electron chi connectivity index (χ1n) is 8.87. The van der Waals surface area contributed by atoms with Crippen molar-refractivity contribution in [3.8, 4) is 5.75 Å². The van der Waals surface area contributed by atoms with Gasteiger partial charge in [-0.25, -0.2) is 8.42 Å². The highest BCUT2D eigenvalue weighted by atomic mass is 35.5. The van der Waals surface area contributed by atoms with Crippen LogP contribution in [0.2, 0.25) is 0 Å². The zero-order valence-corrected chi connectivity index (χ0v) is 17.1. The van der Waals surface area contributed by atoms with Gasteiger partial charge in [0.2, 0.25) is 0 Å². The van der Waals surface area contributed by atoms with E-state index in [1.54, 1.807) is 24.3 Å². The Balaban J connectivity index is 0.00000261. The summed E-state index contributed by atoms with van der Waals surface area (Å²) in [5.74, 6) is 1.62. The number of ether oxygens (including phenoxy) is 1. The molecule has 7 heteroatoms. The van der Waals surface area contributed by atoms with Crippen molar-refractivity contribution >= 4 is 22.2 Å². The fourth-order valence-electron chi connectivity index (χ4n) is 3.54. The summed E-state index contributed by atoms with van der Waals surface area (Å²) in [6.07, 6.45) is 1.20. The summed E-state index contributed by atoms with van der Waals surface area (Å²) in [4.78, 5) is 2.70. The summed E-state index contributed by atoms with van der Waals surface area (Å²) in [5, 5.41) is 0. The van der Waals surface area contributed by atoms with Gasteiger partial charge in [0.25, 0.3) is 0 Å². The van der Waals surface area contributed by atoms with Crippen LogP contribution in [0.25, 0.3) is 0 Å². The molecule has 0 radical (unpaired) electrons. The molecule has 0 spiro atoms. The largest absolute Gasteiger partial charge is 0.492 e. The highest BCUT2D eigenvalue weighted by Gasteiger charge is 2.32. The van der Waals surface area contributed by atoms with Crippen LogP contribution in [0.15, 0.2) is 59.5 Å². The van der Waals surface area contributed by atoms with Crippen LogP contribution < -0.4 is 10.5 Å². The number of rotatable bonds is 7. The molecule has 0 aromatic heterocycles. The van der Waals surface area contributed by atoms with Gasteiger partial charge in [0.1, 0.15) is 12.4 Å². The smallest absolute Gasteiger partial charge is 0.175 e. The molecule has 27 heavy (non-hydrogen) atoms. The molecule has 1 fully saturated rings. The Bertz CT molecular complexity index is 813. The first-order valence-corrected chi connectivity index (χ1v) is 10.8. The second-order valence-corrected chi connectivity index (χ2v) is 8.88. The molecule has 1 aliphatic heterocycles. The van der Waals surface area contributed by atoms with Crippen molar-refractivity contribution in [1.82, 2.24) is 4.90 Å². The molecule has 0 aliphatic carbocycles. The van der Waals surface area contributed by atoms with Crippen molar-refractivity contribution in [2.45, 2.75) is 10.8 Å². The summed E-state index contributed by atoms with van der Waals surface area (Å²) < 4.78 is 28.7. The monoisotopic (exact) mass is 410 g/mol. The van der Waals surface area contributed by atoms with E-state index in [-0.39, 0.29) is 12.4 Å². The van der Waals surface area contributed by atoms with Gasteiger partial charge in [-0.1, -0.05) is 30.3 Å². The summed E-state index contributed by atoms with van der Waals surface area (Å²) in [6.45, 7) is 4.04. The molecule has 0 amide bonds. The third-order valence-corrected chi connectivity index (χ3v) is 6.10. The standard InChI is InChI=1S/C20H26N2O3S.ClH/c1-26(23,24)19-9-7-18(8-10-19)25-12-11-22-14-17(13-21)20(15-22)16-5-3-2-4-6-16;/h2-10,17,20H,11-15,21H2,1H3;1H/t17-,20+;/m1./s1. The highest BCUT2D eigenvalue weighted by molar-refractivity contribution is 7.90. The van der Waals surface area contributed by atoms with Crippen LogP contribution in [-0.2, 0) is 9.84 Å². The van der Waals surface area contributed by atoms with Crippen LogP contribution in [0.3, 0.4) is 0 Å². The van der Waals surface area contributed by atoms with E-state index in [9.17, 15) is 8.42 Å². The van der Waals surface area contributed by atoms with Crippen molar-refractivity contribution in [1.29, 1.82) is 0 Å². The molecule has 1 saturated heterocycles. The van der Waals surface area contributed by atoms with Crippen LogP contribution >= 0.6 is 12.4 Å². The van der Waals surface area contributed by atoms with Crippen LogP contribution in [0, 0.1) is 5.92 Å². The predicted molar refractivity (Wildman–Crippen MR) is 110 cm³/mol. The predicted octanol–water partition coefficient (Wildman–Crippen LogP) is 2.57. The fourth-order valence-corrected chi connectivity index (χ4v) is 4.17. The van der Waals surface area contributed by atoms with Crippen molar-refractivity contribution < 1.29 is 13.2 Å². The van der Waals surface area contributed by atoms with E-state index in [2.05, 4.69) is 29.2 Å². The average molecular weight is 411 g/mol. The minimum absolute atomic E-state index is 0. The Kier molecular flexibility index (Phi) is 7.68. The molecule has 148 valence electrons. The second-order valence-electron chi connectivity index (χ2n) is 6.86. The van der Waals surface area contributed by atoms with Crippen molar-refractivity contribution in [3.63, 3.8) is 0 Å². The van der Waals surface area contributed by atoms with E-state index in [0.717, 1.165) is 19.6 Å². The number of sulfone groups is 1. The van der Waals surface area contributed by atoms with Gasteiger partial charge in [-0.15, -0.1) is 12.4 Å². The lowest BCUT2D eigenvalue weighted by atomic mass is 9.89. The van der Waals surface area contributed by atoms with E-state index in [1.807, 2.05) is 6.07 Å². The van der Waals surface area contributed by atoms with Gasteiger partial charge in [-0.05, 0) is 42.3 Å². The molecule has 0 bridgehead atoms. The number of nitrogens with two attached hydrogens (primary N) is 1. The third kappa shape index (κ3) is 5.69. The highest BCUT2D eigenvalue weighted by Crippen LogP contribution is 2.31.